The van der Waals surface area contributed by atoms with E-state index in [4.69, 9.17) is 16.3 Å². The molecule has 5 heterocycles. The molecule has 1 fully saturated rings. The van der Waals surface area contributed by atoms with E-state index in [-0.39, 0.29) is 65.3 Å². The molecule has 1 unspecified atom stereocenters. The Morgan fingerprint density at radius 1 is 1.20 bits per heavy atom. The molecule has 3 N–H and O–H groups in total. The lowest BCUT2D eigenvalue weighted by atomic mass is 9.85. The SMILES string of the molecule is C[C@H]1OC2(CCN(C(=O)c3ncccc3O)CC2)c2c1n(CC(=O)Nc1ccc(C(F)(F)F)cc1Cl)c1nc(C3=CCC(O)CC3)nn1c2=O. The van der Waals surface area contributed by atoms with Crippen LogP contribution in [0.5, 0.6) is 5.75 Å². The number of pyridine rings is 1. The molecule has 13 nitrogen and oxygen atoms in total. The first-order chi connectivity index (χ1) is 23.8. The number of fused-ring (bicyclic) bond motifs is 3. The highest BCUT2D eigenvalue weighted by Crippen LogP contribution is 2.48. The molecule has 0 bridgehead atoms. The first kappa shape index (κ1) is 33.7. The number of rotatable bonds is 5. The van der Waals surface area contributed by atoms with E-state index in [0.29, 0.717) is 25.0 Å². The van der Waals surface area contributed by atoms with Crippen LogP contribution in [0.1, 0.15) is 78.3 Å². The van der Waals surface area contributed by atoms with Gasteiger partial charge in [0.1, 0.15) is 17.9 Å². The van der Waals surface area contributed by atoms with E-state index in [1.807, 2.05) is 6.08 Å². The number of aromatic nitrogens is 5. The smallest absolute Gasteiger partial charge is 0.416 e. The minimum Gasteiger partial charge on any atom is -0.505 e. The second-order valence-corrected chi connectivity index (χ2v) is 13.0. The Morgan fingerprint density at radius 3 is 2.62 bits per heavy atom. The second kappa shape index (κ2) is 12.5. The van der Waals surface area contributed by atoms with Gasteiger partial charge in [0.25, 0.3) is 11.5 Å². The Kier molecular flexibility index (Phi) is 8.43. The average molecular weight is 714 g/mol. The van der Waals surface area contributed by atoms with E-state index in [1.165, 1.54) is 27.8 Å². The summed E-state index contributed by atoms with van der Waals surface area (Å²) in [4.78, 5) is 51.3. The first-order valence-electron chi connectivity index (χ1n) is 15.9. The number of aromatic hydroxyl groups is 1. The molecular weight excluding hydrogens is 683 g/mol. The number of piperidine rings is 1. The maximum Gasteiger partial charge on any atom is 0.416 e. The fourth-order valence-electron chi connectivity index (χ4n) is 6.97. The third-order valence-electron chi connectivity index (χ3n) is 9.42. The van der Waals surface area contributed by atoms with Crippen molar-refractivity contribution in [1.29, 1.82) is 0 Å². The topological polar surface area (TPSA) is 164 Å². The van der Waals surface area contributed by atoms with Gasteiger partial charge in [-0.3, -0.25) is 14.4 Å². The molecule has 1 saturated heterocycles. The molecule has 17 heteroatoms. The third kappa shape index (κ3) is 5.90. The number of anilines is 1. The number of benzene rings is 1. The number of nitrogens with one attached hydrogen (secondary N) is 1. The number of aliphatic hydroxyl groups excluding tert-OH is 1. The van der Waals surface area contributed by atoms with Gasteiger partial charge in [0.2, 0.25) is 11.7 Å². The zero-order valence-electron chi connectivity index (χ0n) is 26.6. The Labute approximate surface area is 287 Å². The van der Waals surface area contributed by atoms with Crippen molar-refractivity contribution < 1.29 is 37.7 Å². The van der Waals surface area contributed by atoms with Gasteiger partial charge in [0, 0.05) is 19.3 Å². The zero-order chi connectivity index (χ0) is 35.5. The number of ether oxygens (including phenoxy) is 1. The van der Waals surface area contributed by atoms with E-state index in [2.05, 4.69) is 20.4 Å². The van der Waals surface area contributed by atoms with Gasteiger partial charge in [-0.2, -0.15) is 22.7 Å². The van der Waals surface area contributed by atoms with Crippen molar-refractivity contribution in [1.82, 2.24) is 29.0 Å². The van der Waals surface area contributed by atoms with Gasteiger partial charge in [0.05, 0.1) is 39.7 Å². The summed E-state index contributed by atoms with van der Waals surface area (Å²) in [6.45, 7) is 1.65. The molecule has 0 saturated carbocycles. The number of likely N-dealkylation sites (tertiary alicyclic amines) is 1. The highest BCUT2D eigenvalue weighted by atomic mass is 35.5. The van der Waals surface area contributed by atoms with Crippen LogP contribution in [-0.2, 0) is 27.9 Å². The second-order valence-electron chi connectivity index (χ2n) is 12.6. The van der Waals surface area contributed by atoms with E-state index in [9.17, 15) is 37.8 Å². The molecule has 2 amide bonds. The van der Waals surface area contributed by atoms with Crippen molar-refractivity contribution in [3.8, 4) is 5.75 Å². The number of nitrogens with zero attached hydrogens (tertiary/aromatic N) is 6. The molecule has 2 atom stereocenters. The average Bonchev–Trinajstić information content (AvgIpc) is 3.64. The predicted octanol–water partition coefficient (Wildman–Crippen LogP) is 4.45. The fraction of sp³-hybridized carbons (Fsp3) is 0.394. The highest BCUT2D eigenvalue weighted by Gasteiger charge is 2.50. The number of hydrogen-bond acceptors (Lipinski definition) is 9. The van der Waals surface area contributed by atoms with Gasteiger partial charge in [-0.15, -0.1) is 5.10 Å². The van der Waals surface area contributed by atoms with Crippen molar-refractivity contribution in [2.75, 3.05) is 18.4 Å². The zero-order valence-corrected chi connectivity index (χ0v) is 27.3. The Balaban J connectivity index is 1.27. The van der Waals surface area contributed by atoms with Crippen LogP contribution in [0, 0.1) is 0 Å². The number of carbonyl (C=O) groups excluding carboxylic acids is 2. The summed E-state index contributed by atoms with van der Waals surface area (Å²) in [5.74, 6) is -1.07. The quantitative estimate of drug-likeness (QED) is 0.271. The van der Waals surface area contributed by atoms with Gasteiger partial charge in [-0.25, -0.2) is 4.98 Å². The summed E-state index contributed by atoms with van der Waals surface area (Å²) in [6.07, 6.45) is -0.856. The van der Waals surface area contributed by atoms with Gasteiger partial charge < -0.3 is 29.7 Å². The summed E-state index contributed by atoms with van der Waals surface area (Å²) in [6, 6.07) is 5.47. The predicted molar refractivity (Wildman–Crippen MR) is 172 cm³/mol. The van der Waals surface area contributed by atoms with E-state index >= 15 is 0 Å². The molecule has 1 aliphatic carbocycles. The molecule has 7 rings (SSSR count). The molecule has 0 radical (unpaired) electrons. The summed E-state index contributed by atoms with van der Waals surface area (Å²) in [5, 5.41) is 27.0. The molecule has 50 heavy (non-hydrogen) atoms. The maximum absolute atomic E-state index is 14.3. The fourth-order valence-corrected chi connectivity index (χ4v) is 7.20. The molecular formula is C33H31ClF3N7O6. The van der Waals surface area contributed by atoms with E-state index in [1.54, 1.807) is 6.92 Å². The van der Waals surface area contributed by atoms with Crippen molar-refractivity contribution >= 4 is 40.5 Å². The molecule has 4 aromatic rings. The molecule has 2 aliphatic heterocycles. The third-order valence-corrected chi connectivity index (χ3v) is 9.73. The van der Waals surface area contributed by atoms with Gasteiger partial charge in [-0.1, -0.05) is 17.7 Å². The number of alkyl halides is 3. The number of allylic oxidation sites excluding steroid dienone is 1. The summed E-state index contributed by atoms with van der Waals surface area (Å²) in [5.41, 5.74) is -1.38. The van der Waals surface area contributed by atoms with Crippen LogP contribution >= 0.6 is 11.6 Å². The van der Waals surface area contributed by atoms with Gasteiger partial charge in [0.15, 0.2) is 11.5 Å². The normalized spacial score (nSPS) is 20.2. The first-order valence-corrected chi connectivity index (χ1v) is 16.3. The van der Waals surface area contributed by atoms with Crippen LogP contribution in [0.25, 0.3) is 11.4 Å². The van der Waals surface area contributed by atoms with Crippen molar-refractivity contribution in [2.24, 2.45) is 0 Å². The van der Waals surface area contributed by atoms with Gasteiger partial charge in [-0.05, 0) is 74.9 Å². The summed E-state index contributed by atoms with van der Waals surface area (Å²) >= 11 is 6.11. The largest absolute Gasteiger partial charge is 0.505 e. The minimum atomic E-state index is -4.62. The van der Waals surface area contributed by atoms with Crippen LogP contribution in [0.3, 0.4) is 0 Å². The molecule has 1 aromatic carbocycles. The lowest BCUT2D eigenvalue weighted by Gasteiger charge is -2.39. The number of carbonyl (C=O) groups is 2. The lowest BCUT2D eigenvalue weighted by Crippen LogP contribution is -2.47. The van der Waals surface area contributed by atoms with Crippen LogP contribution < -0.4 is 10.9 Å². The van der Waals surface area contributed by atoms with Crippen LogP contribution in [0.2, 0.25) is 5.02 Å². The highest BCUT2D eigenvalue weighted by molar-refractivity contribution is 6.33. The van der Waals surface area contributed by atoms with E-state index in [0.717, 1.165) is 28.3 Å². The van der Waals surface area contributed by atoms with Gasteiger partial charge >= 0.3 is 6.18 Å². The Hall–Kier alpha value is -4.80. The lowest BCUT2D eigenvalue weighted by molar-refractivity contribution is -0.137. The number of hydrogen-bond donors (Lipinski definition) is 3. The number of halogens is 4. The number of aliphatic hydroxyl groups is 1. The minimum absolute atomic E-state index is 0.0387. The van der Waals surface area contributed by atoms with Crippen molar-refractivity contribution in [2.45, 2.75) is 69.6 Å². The van der Waals surface area contributed by atoms with Crippen LogP contribution in [0.4, 0.5) is 18.9 Å². The molecule has 1 spiro atoms. The van der Waals surface area contributed by atoms with Crippen molar-refractivity contribution in [3.63, 3.8) is 0 Å². The standard InChI is InChI=1S/C33H31ClF3N7O6/c1-17-27-25(32(50-17)10-13-42(14-11-32)30(49)26-23(46)3-2-12-38-26)29(48)44-31(40-28(41-44)18-4-7-20(45)8-5-18)43(27)16-24(47)39-22-9-6-19(15-21(22)34)33(35,36)37/h2-4,6,9,12,15,17,20,45-46H,5,7-8,10-11,13-14,16H2,1H3,(H,39,47)/t17-,20?/m1/s1. The van der Waals surface area contributed by atoms with E-state index < -0.39 is 53.5 Å². The van der Waals surface area contributed by atoms with Crippen LogP contribution in [-0.4, -0.2) is 70.3 Å². The monoisotopic (exact) mass is 713 g/mol. The van der Waals surface area contributed by atoms with Crippen LogP contribution in [0.15, 0.2) is 47.4 Å². The Morgan fingerprint density at radius 2 is 1.96 bits per heavy atom. The molecule has 262 valence electrons. The molecule has 3 aromatic heterocycles. The Bertz CT molecular complexity index is 2120. The van der Waals surface area contributed by atoms with Crippen molar-refractivity contribution in [3.05, 3.63) is 86.3 Å². The summed E-state index contributed by atoms with van der Waals surface area (Å²) in [7, 11) is 0. The number of amides is 2. The maximum atomic E-state index is 14.3. The molecule has 3 aliphatic rings. The summed E-state index contributed by atoms with van der Waals surface area (Å²) < 4.78 is 48.8.